The molecule has 0 spiro atoms. The van der Waals surface area contributed by atoms with Gasteiger partial charge in [-0.1, -0.05) is 35.0 Å². The second-order valence-electron chi connectivity index (χ2n) is 5.12. The van der Waals surface area contributed by atoms with Gasteiger partial charge in [-0.25, -0.2) is 0 Å². The van der Waals surface area contributed by atoms with Crippen LogP contribution in [0.15, 0.2) is 28.7 Å². The van der Waals surface area contributed by atoms with Crippen molar-refractivity contribution < 1.29 is 0 Å². The van der Waals surface area contributed by atoms with E-state index >= 15 is 0 Å². The Kier molecular flexibility index (Phi) is 5.67. The van der Waals surface area contributed by atoms with Crippen molar-refractivity contribution in [3.63, 3.8) is 0 Å². The second-order valence-corrected chi connectivity index (χ2v) is 6.04. The zero-order chi connectivity index (χ0) is 12.8. The lowest BCUT2D eigenvalue weighted by molar-refractivity contribution is 0.197. The van der Waals surface area contributed by atoms with E-state index in [1.54, 1.807) is 0 Å². The number of hydrogen-bond acceptors (Lipinski definition) is 2. The van der Waals surface area contributed by atoms with Gasteiger partial charge in [0, 0.05) is 17.1 Å². The fourth-order valence-corrected chi connectivity index (χ4v) is 2.81. The number of hydrogen-bond donors (Lipinski definition) is 1. The lowest BCUT2D eigenvalue weighted by Gasteiger charge is -2.32. The maximum absolute atomic E-state index is 3.68. The first-order valence-electron chi connectivity index (χ1n) is 6.98. The molecule has 1 fully saturated rings. The summed E-state index contributed by atoms with van der Waals surface area (Å²) in [5.41, 5.74) is 1.37. The van der Waals surface area contributed by atoms with E-state index in [1.807, 2.05) is 0 Å². The average molecular weight is 311 g/mol. The van der Waals surface area contributed by atoms with Crippen LogP contribution in [0.1, 0.15) is 31.7 Å². The number of rotatable bonds is 5. The molecule has 1 N–H and O–H groups in total. The first-order valence-corrected chi connectivity index (χ1v) is 7.77. The Morgan fingerprint density at radius 2 is 1.89 bits per heavy atom. The minimum absolute atomic E-state index is 0.696. The van der Waals surface area contributed by atoms with E-state index in [2.05, 4.69) is 57.3 Å². The number of likely N-dealkylation sites (tertiary alicyclic amines) is 1. The molecule has 2 rings (SSSR count). The van der Waals surface area contributed by atoms with Gasteiger partial charge >= 0.3 is 0 Å². The fourth-order valence-electron chi connectivity index (χ4n) is 2.54. The van der Waals surface area contributed by atoms with Crippen molar-refractivity contribution >= 4 is 15.9 Å². The Morgan fingerprint density at radius 3 is 2.50 bits per heavy atom. The van der Waals surface area contributed by atoms with Crippen molar-refractivity contribution in [2.24, 2.45) is 0 Å². The van der Waals surface area contributed by atoms with E-state index < -0.39 is 0 Å². The molecule has 18 heavy (non-hydrogen) atoms. The summed E-state index contributed by atoms with van der Waals surface area (Å²) < 4.78 is 1.15. The summed E-state index contributed by atoms with van der Waals surface area (Å²) in [6.45, 7) is 7.03. The van der Waals surface area contributed by atoms with Gasteiger partial charge in [0.05, 0.1) is 0 Å². The van der Waals surface area contributed by atoms with Crippen molar-refractivity contribution in [1.29, 1.82) is 0 Å². The fraction of sp³-hybridized carbons (Fsp3) is 0.600. The predicted octanol–water partition coefficient (Wildman–Crippen LogP) is 3.41. The van der Waals surface area contributed by atoms with Crippen LogP contribution in [0.2, 0.25) is 0 Å². The van der Waals surface area contributed by atoms with Crippen LogP contribution in [0.5, 0.6) is 0 Å². The molecule has 100 valence electrons. The van der Waals surface area contributed by atoms with Crippen molar-refractivity contribution in [3.8, 4) is 0 Å². The number of piperidine rings is 1. The lowest BCUT2D eigenvalue weighted by atomic mass is 10.0. The van der Waals surface area contributed by atoms with Crippen molar-refractivity contribution in [3.05, 3.63) is 34.3 Å². The van der Waals surface area contributed by atoms with Crippen LogP contribution in [0.3, 0.4) is 0 Å². The lowest BCUT2D eigenvalue weighted by Crippen LogP contribution is -2.42. The first-order chi connectivity index (χ1) is 8.78. The Balaban J connectivity index is 1.70. The Bertz CT molecular complexity index is 342. The Hall–Kier alpha value is -0.380. The molecule has 0 amide bonds. The SMILES string of the molecule is CCCN1CCC(NCc2ccc(Br)cc2)CC1. The van der Waals surface area contributed by atoms with Gasteiger partial charge in [-0.2, -0.15) is 0 Å². The van der Waals surface area contributed by atoms with Crippen molar-refractivity contribution in [1.82, 2.24) is 10.2 Å². The highest BCUT2D eigenvalue weighted by Crippen LogP contribution is 2.13. The molecule has 3 heteroatoms. The topological polar surface area (TPSA) is 15.3 Å². The normalized spacial score (nSPS) is 18.1. The van der Waals surface area contributed by atoms with E-state index in [0.29, 0.717) is 6.04 Å². The molecule has 1 saturated heterocycles. The smallest absolute Gasteiger partial charge is 0.0208 e. The summed E-state index contributed by atoms with van der Waals surface area (Å²) in [5, 5.41) is 3.68. The third-order valence-electron chi connectivity index (χ3n) is 3.64. The largest absolute Gasteiger partial charge is 0.310 e. The van der Waals surface area contributed by atoms with Crippen LogP contribution in [-0.2, 0) is 6.54 Å². The monoisotopic (exact) mass is 310 g/mol. The van der Waals surface area contributed by atoms with Crippen LogP contribution in [0, 0.1) is 0 Å². The zero-order valence-electron chi connectivity index (χ0n) is 11.2. The first kappa shape index (κ1) is 14.0. The molecular weight excluding hydrogens is 288 g/mol. The molecule has 0 unspecified atom stereocenters. The molecular formula is C15H23BrN2. The number of nitrogens with zero attached hydrogens (tertiary/aromatic N) is 1. The van der Waals surface area contributed by atoms with Gasteiger partial charge in [-0.15, -0.1) is 0 Å². The van der Waals surface area contributed by atoms with Gasteiger partial charge in [0.15, 0.2) is 0 Å². The maximum atomic E-state index is 3.68. The molecule has 1 aromatic carbocycles. The zero-order valence-corrected chi connectivity index (χ0v) is 12.7. The highest BCUT2D eigenvalue weighted by molar-refractivity contribution is 9.10. The Labute approximate surface area is 119 Å². The maximum Gasteiger partial charge on any atom is 0.0208 e. The van der Waals surface area contributed by atoms with Gasteiger partial charge in [0.1, 0.15) is 0 Å². The Morgan fingerprint density at radius 1 is 1.22 bits per heavy atom. The molecule has 0 atom stereocenters. The van der Waals surface area contributed by atoms with Crippen LogP contribution in [0.25, 0.3) is 0 Å². The van der Waals surface area contributed by atoms with E-state index in [0.717, 1.165) is 11.0 Å². The van der Waals surface area contributed by atoms with E-state index in [9.17, 15) is 0 Å². The molecule has 0 aliphatic carbocycles. The summed E-state index contributed by atoms with van der Waals surface area (Å²) in [6, 6.07) is 9.29. The van der Waals surface area contributed by atoms with Gasteiger partial charge < -0.3 is 10.2 Å². The standard InChI is InChI=1S/C15H23BrN2/c1-2-9-18-10-7-15(8-11-18)17-12-13-3-5-14(16)6-4-13/h3-6,15,17H,2,7-12H2,1H3. The summed E-state index contributed by atoms with van der Waals surface area (Å²) >= 11 is 3.47. The quantitative estimate of drug-likeness (QED) is 0.896. The average Bonchev–Trinajstić information content (AvgIpc) is 2.40. The molecule has 2 nitrogen and oxygen atoms in total. The van der Waals surface area contributed by atoms with Crippen molar-refractivity contribution in [2.45, 2.75) is 38.8 Å². The van der Waals surface area contributed by atoms with E-state index in [-0.39, 0.29) is 0 Å². The van der Waals surface area contributed by atoms with Crippen molar-refractivity contribution in [2.75, 3.05) is 19.6 Å². The van der Waals surface area contributed by atoms with Crippen LogP contribution in [-0.4, -0.2) is 30.6 Å². The predicted molar refractivity (Wildman–Crippen MR) is 80.7 cm³/mol. The number of nitrogens with one attached hydrogen (secondary N) is 1. The molecule has 0 radical (unpaired) electrons. The third-order valence-corrected chi connectivity index (χ3v) is 4.16. The molecule has 1 aromatic rings. The summed E-state index contributed by atoms with van der Waals surface area (Å²) in [7, 11) is 0. The number of benzene rings is 1. The molecule has 0 aromatic heterocycles. The molecule has 1 heterocycles. The molecule has 1 aliphatic heterocycles. The van der Waals surface area contributed by atoms with Gasteiger partial charge in [-0.3, -0.25) is 0 Å². The van der Waals surface area contributed by atoms with E-state index in [4.69, 9.17) is 0 Å². The van der Waals surface area contributed by atoms with Crippen LogP contribution < -0.4 is 5.32 Å². The minimum Gasteiger partial charge on any atom is -0.310 e. The van der Waals surface area contributed by atoms with Gasteiger partial charge in [0.25, 0.3) is 0 Å². The molecule has 0 saturated carbocycles. The summed E-state index contributed by atoms with van der Waals surface area (Å²) in [5.74, 6) is 0. The summed E-state index contributed by atoms with van der Waals surface area (Å²) in [4.78, 5) is 2.58. The molecule has 0 bridgehead atoms. The highest BCUT2D eigenvalue weighted by Gasteiger charge is 2.17. The van der Waals surface area contributed by atoms with Crippen LogP contribution in [0.4, 0.5) is 0 Å². The minimum atomic E-state index is 0.696. The third kappa shape index (κ3) is 4.38. The van der Waals surface area contributed by atoms with Crippen LogP contribution >= 0.6 is 15.9 Å². The number of halogens is 1. The summed E-state index contributed by atoms with van der Waals surface area (Å²) in [6.07, 6.45) is 3.85. The van der Waals surface area contributed by atoms with Gasteiger partial charge in [-0.05, 0) is 56.6 Å². The highest BCUT2D eigenvalue weighted by atomic mass is 79.9. The van der Waals surface area contributed by atoms with E-state index in [1.165, 1.54) is 44.5 Å². The second kappa shape index (κ2) is 7.27. The van der Waals surface area contributed by atoms with Gasteiger partial charge in [0.2, 0.25) is 0 Å². The molecule has 1 aliphatic rings.